The van der Waals surface area contributed by atoms with Gasteiger partial charge in [-0.15, -0.1) is 0 Å². The molecule has 11 heavy (non-hydrogen) atoms. The lowest BCUT2D eigenvalue weighted by Crippen LogP contribution is -2.05. The first-order valence-corrected chi connectivity index (χ1v) is 3.08. The van der Waals surface area contributed by atoms with Crippen molar-refractivity contribution in [1.29, 1.82) is 0 Å². The Labute approximate surface area is 62.7 Å². The highest BCUT2D eigenvalue weighted by atomic mass is 16.4. The SMILES string of the molecule is O=C(O)C[C@@H](O)c1cnc[nH]1. The number of rotatable bonds is 3. The summed E-state index contributed by atoms with van der Waals surface area (Å²) in [6, 6.07) is 0. The molecule has 0 saturated heterocycles. The van der Waals surface area contributed by atoms with Gasteiger partial charge >= 0.3 is 5.97 Å². The lowest BCUT2D eigenvalue weighted by molar-refractivity contribution is -0.139. The lowest BCUT2D eigenvalue weighted by Gasteiger charge is -2.02. The molecule has 1 heterocycles. The standard InChI is InChI=1S/C6H8N2O3/c9-5(1-6(10)11)4-2-7-3-8-4/h2-3,5,9H,1H2,(H,7,8)(H,10,11)/t5-/m1/s1. The zero-order valence-corrected chi connectivity index (χ0v) is 5.69. The van der Waals surface area contributed by atoms with Gasteiger partial charge in [-0.1, -0.05) is 0 Å². The van der Waals surface area contributed by atoms with Crippen molar-refractivity contribution in [2.45, 2.75) is 12.5 Å². The molecule has 0 saturated carbocycles. The Kier molecular flexibility index (Phi) is 2.22. The van der Waals surface area contributed by atoms with E-state index in [1.54, 1.807) is 0 Å². The average molecular weight is 156 g/mol. The zero-order chi connectivity index (χ0) is 8.27. The first-order valence-electron chi connectivity index (χ1n) is 3.08. The number of aromatic nitrogens is 2. The predicted molar refractivity (Wildman–Crippen MR) is 35.8 cm³/mol. The number of hydrogen-bond acceptors (Lipinski definition) is 3. The van der Waals surface area contributed by atoms with Crippen LogP contribution in [0.2, 0.25) is 0 Å². The number of imidazole rings is 1. The number of aliphatic carboxylic acids is 1. The van der Waals surface area contributed by atoms with Crippen molar-refractivity contribution in [3.63, 3.8) is 0 Å². The predicted octanol–water partition coefficient (Wildman–Crippen LogP) is -0.0822. The molecule has 3 N–H and O–H groups in total. The molecule has 0 aliphatic carbocycles. The molecule has 5 heteroatoms. The number of aliphatic hydroxyl groups excluding tert-OH is 1. The third-order valence-electron chi connectivity index (χ3n) is 1.25. The van der Waals surface area contributed by atoms with Crippen LogP contribution in [-0.4, -0.2) is 26.2 Å². The highest BCUT2D eigenvalue weighted by Gasteiger charge is 2.12. The number of carboxylic acid groups (broad SMARTS) is 1. The summed E-state index contributed by atoms with van der Waals surface area (Å²) in [5.74, 6) is -1.04. The van der Waals surface area contributed by atoms with Crippen LogP contribution in [0.4, 0.5) is 0 Å². The second-order valence-electron chi connectivity index (χ2n) is 2.12. The summed E-state index contributed by atoms with van der Waals surface area (Å²) in [7, 11) is 0. The highest BCUT2D eigenvalue weighted by Crippen LogP contribution is 2.11. The molecule has 5 nitrogen and oxygen atoms in total. The zero-order valence-electron chi connectivity index (χ0n) is 5.69. The Balaban J connectivity index is 2.56. The fourth-order valence-corrected chi connectivity index (χ4v) is 0.724. The van der Waals surface area contributed by atoms with Crippen molar-refractivity contribution < 1.29 is 15.0 Å². The number of nitrogens with one attached hydrogen (secondary N) is 1. The summed E-state index contributed by atoms with van der Waals surface area (Å²) >= 11 is 0. The Morgan fingerprint density at radius 3 is 3.00 bits per heavy atom. The number of hydrogen-bond donors (Lipinski definition) is 3. The average Bonchev–Trinajstić information content (AvgIpc) is 2.35. The molecule has 0 aliphatic rings. The third kappa shape index (κ3) is 2.05. The summed E-state index contributed by atoms with van der Waals surface area (Å²) in [6.45, 7) is 0. The maximum Gasteiger partial charge on any atom is 0.306 e. The molecule has 0 aromatic carbocycles. The number of carboxylic acids is 1. The van der Waals surface area contributed by atoms with Gasteiger partial charge in [0.2, 0.25) is 0 Å². The van der Waals surface area contributed by atoms with E-state index in [1.807, 2.05) is 0 Å². The van der Waals surface area contributed by atoms with E-state index >= 15 is 0 Å². The van der Waals surface area contributed by atoms with E-state index < -0.39 is 12.1 Å². The summed E-state index contributed by atoms with van der Waals surface area (Å²) in [6.07, 6.45) is 1.49. The van der Waals surface area contributed by atoms with Crippen molar-refractivity contribution in [1.82, 2.24) is 9.97 Å². The minimum atomic E-state index is -1.04. The van der Waals surface area contributed by atoms with Crippen molar-refractivity contribution >= 4 is 5.97 Å². The van der Waals surface area contributed by atoms with Crippen molar-refractivity contribution in [3.05, 3.63) is 18.2 Å². The van der Waals surface area contributed by atoms with Crippen LogP contribution in [-0.2, 0) is 4.79 Å². The second-order valence-corrected chi connectivity index (χ2v) is 2.12. The number of aliphatic hydroxyl groups is 1. The van der Waals surface area contributed by atoms with Crippen LogP contribution in [0, 0.1) is 0 Å². The molecule has 1 atom stereocenters. The van der Waals surface area contributed by atoms with Crippen LogP contribution in [0.1, 0.15) is 18.2 Å². The van der Waals surface area contributed by atoms with Crippen LogP contribution in [0.3, 0.4) is 0 Å². The quantitative estimate of drug-likeness (QED) is 0.571. The number of nitrogens with zero attached hydrogens (tertiary/aromatic N) is 1. The van der Waals surface area contributed by atoms with Gasteiger partial charge < -0.3 is 15.2 Å². The van der Waals surface area contributed by atoms with Crippen molar-refractivity contribution in [2.75, 3.05) is 0 Å². The number of carbonyl (C=O) groups is 1. The van der Waals surface area contributed by atoms with E-state index in [0.29, 0.717) is 5.69 Å². The maximum atomic E-state index is 10.1. The molecule has 0 bridgehead atoms. The largest absolute Gasteiger partial charge is 0.481 e. The first kappa shape index (κ1) is 7.74. The molecule has 1 aromatic heterocycles. The molecular weight excluding hydrogens is 148 g/mol. The molecule has 60 valence electrons. The van der Waals surface area contributed by atoms with E-state index in [2.05, 4.69) is 9.97 Å². The fraction of sp³-hybridized carbons (Fsp3) is 0.333. The summed E-state index contributed by atoms with van der Waals surface area (Å²) in [5, 5.41) is 17.4. The van der Waals surface area contributed by atoms with E-state index in [4.69, 9.17) is 10.2 Å². The van der Waals surface area contributed by atoms with Gasteiger partial charge in [-0.2, -0.15) is 0 Å². The molecule has 0 spiro atoms. The van der Waals surface area contributed by atoms with Crippen LogP contribution < -0.4 is 0 Å². The molecule has 0 unspecified atom stereocenters. The van der Waals surface area contributed by atoms with Crippen molar-refractivity contribution in [3.8, 4) is 0 Å². The molecule has 1 aromatic rings. The Hall–Kier alpha value is -1.36. The topological polar surface area (TPSA) is 86.2 Å². The molecular formula is C6H8N2O3. The van der Waals surface area contributed by atoms with Gasteiger partial charge in [-0.25, -0.2) is 4.98 Å². The van der Waals surface area contributed by atoms with Gasteiger partial charge in [0.05, 0.1) is 24.6 Å². The smallest absolute Gasteiger partial charge is 0.306 e. The van der Waals surface area contributed by atoms with Crippen molar-refractivity contribution in [2.24, 2.45) is 0 Å². The van der Waals surface area contributed by atoms with E-state index in [0.717, 1.165) is 0 Å². The highest BCUT2D eigenvalue weighted by molar-refractivity contribution is 5.67. The van der Waals surface area contributed by atoms with Gasteiger partial charge in [0.15, 0.2) is 0 Å². The van der Waals surface area contributed by atoms with Gasteiger partial charge in [-0.05, 0) is 0 Å². The molecule has 1 rings (SSSR count). The lowest BCUT2D eigenvalue weighted by atomic mass is 10.2. The number of H-pyrrole nitrogens is 1. The van der Waals surface area contributed by atoms with E-state index in [-0.39, 0.29) is 6.42 Å². The van der Waals surface area contributed by atoms with Crippen LogP contribution in [0.15, 0.2) is 12.5 Å². The molecule has 0 amide bonds. The third-order valence-corrected chi connectivity index (χ3v) is 1.25. The van der Waals surface area contributed by atoms with Gasteiger partial charge in [0.25, 0.3) is 0 Å². The maximum absolute atomic E-state index is 10.1. The van der Waals surface area contributed by atoms with Gasteiger partial charge in [0, 0.05) is 0 Å². The van der Waals surface area contributed by atoms with Crippen LogP contribution in [0.5, 0.6) is 0 Å². The second kappa shape index (κ2) is 3.16. The summed E-state index contributed by atoms with van der Waals surface area (Å²) in [5.41, 5.74) is 0.424. The Bertz CT molecular complexity index is 232. The Morgan fingerprint density at radius 2 is 2.55 bits per heavy atom. The summed E-state index contributed by atoms with van der Waals surface area (Å²) < 4.78 is 0. The van der Waals surface area contributed by atoms with Gasteiger partial charge in [-0.3, -0.25) is 4.79 Å². The molecule has 0 radical (unpaired) electrons. The van der Waals surface area contributed by atoms with E-state index in [9.17, 15) is 4.79 Å². The fourth-order valence-electron chi connectivity index (χ4n) is 0.724. The van der Waals surface area contributed by atoms with Crippen LogP contribution in [0.25, 0.3) is 0 Å². The van der Waals surface area contributed by atoms with Gasteiger partial charge in [0.1, 0.15) is 6.10 Å². The normalized spacial score (nSPS) is 12.8. The molecule has 0 fully saturated rings. The summed E-state index contributed by atoms with van der Waals surface area (Å²) in [4.78, 5) is 16.4. The first-order chi connectivity index (χ1) is 5.20. The Morgan fingerprint density at radius 1 is 1.82 bits per heavy atom. The minimum Gasteiger partial charge on any atom is -0.481 e. The monoisotopic (exact) mass is 156 g/mol. The minimum absolute atomic E-state index is 0.303. The molecule has 0 aliphatic heterocycles. The van der Waals surface area contributed by atoms with E-state index in [1.165, 1.54) is 12.5 Å². The number of aromatic amines is 1. The van der Waals surface area contributed by atoms with Crippen LogP contribution >= 0.6 is 0 Å².